The molecule has 0 aliphatic carbocycles. The van der Waals surface area contributed by atoms with E-state index in [4.69, 9.17) is 4.74 Å². The number of rotatable bonds is 4. The van der Waals surface area contributed by atoms with Crippen molar-refractivity contribution in [2.45, 2.75) is 25.0 Å². The maximum absolute atomic E-state index is 5.10. The minimum absolute atomic E-state index is 0.202. The lowest BCUT2D eigenvalue weighted by Crippen LogP contribution is -2.04. The van der Waals surface area contributed by atoms with Crippen molar-refractivity contribution < 1.29 is 4.74 Å². The number of nitrogens with zero attached hydrogens (tertiary/aromatic N) is 6. The summed E-state index contributed by atoms with van der Waals surface area (Å²) in [5.41, 5.74) is 0.705. The number of hydrogen-bond donors (Lipinski definition) is 0. The van der Waals surface area contributed by atoms with Crippen LogP contribution in [-0.2, 0) is 0 Å². The van der Waals surface area contributed by atoms with E-state index in [2.05, 4.69) is 30.1 Å². The van der Waals surface area contributed by atoms with Crippen molar-refractivity contribution in [3.05, 3.63) is 17.5 Å². The molecule has 0 saturated heterocycles. The van der Waals surface area contributed by atoms with Gasteiger partial charge in [0.15, 0.2) is 15.1 Å². The van der Waals surface area contributed by atoms with Gasteiger partial charge in [-0.2, -0.15) is 9.78 Å². The van der Waals surface area contributed by atoms with E-state index in [1.807, 2.05) is 26.0 Å². The third-order valence-electron chi connectivity index (χ3n) is 2.52. The lowest BCUT2D eigenvalue weighted by Gasteiger charge is -1.97. The first-order valence-electron chi connectivity index (χ1n) is 5.98. The van der Waals surface area contributed by atoms with Crippen molar-refractivity contribution in [1.29, 1.82) is 0 Å². The van der Waals surface area contributed by atoms with E-state index < -0.39 is 0 Å². The Morgan fingerprint density at radius 3 is 2.90 bits per heavy atom. The maximum atomic E-state index is 5.10. The number of tetrazole rings is 1. The van der Waals surface area contributed by atoms with Crippen LogP contribution in [0.4, 0.5) is 0 Å². The molecule has 0 aliphatic rings. The Bertz CT molecular complexity index is 737. The standard InChI is InChI=1S/C11H13N6OS2/c1-7(2)17-14-11(13-16-17)19-20-6-8-4-5-9(18-3)12-10(8)15-20/h4-7H,1-3H3/q+1. The topological polar surface area (TPSA) is 78.6 Å². The molecule has 3 aromatic rings. The molecule has 0 saturated carbocycles. The molecule has 3 rings (SSSR count). The highest BCUT2D eigenvalue weighted by Crippen LogP contribution is 2.37. The number of methoxy groups -OCH3 is 1. The molecular weight excluding hydrogens is 296 g/mol. The molecule has 0 fully saturated rings. The van der Waals surface area contributed by atoms with Crippen molar-refractivity contribution in [3.8, 4) is 5.88 Å². The molecular formula is C11H13N6OS2+. The number of hydrogen-bond acceptors (Lipinski definition) is 7. The molecule has 20 heavy (non-hydrogen) atoms. The van der Waals surface area contributed by atoms with Gasteiger partial charge in [-0.3, -0.25) is 0 Å². The molecule has 1 atom stereocenters. The van der Waals surface area contributed by atoms with Crippen LogP contribution in [0.15, 0.2) is 22.7 Å². The van der Waals surface area contributed by atoms with Crippen LogP contribution in [0.5, 0.6) is 5.88 Å². The Labute approximate surface area is 121 Å². The molecule has 3 aromatic heterocycles. The average molecular weight is 309 g/mol. The third kappa shape index (κ3) is 2.59. The summed E-state index contributed by atoms with van der Waals surface area (Å²) < 4.78 is 9.63. The summed E-state index contributed by atoms with van der Waals surface area (Å²) in [4.78, 5) is 5.90. The molecule has 0 aromatic carbocycles. The number of aromatic nitrogens is 6. The first-order chi connectivity index (χ1) is 9.65. The first-order valence-corrected chi connectivity index (χ1v) is 8.56. The van der Waals surface area contributed by atoms with E-state index in [0.29, 0.717) is 16.7 Å². The van der Waals surface area contributed by atoms with E-state index in [1.54, 1.807) is 11.9 Å². The summed E-state index contributed by atoms with van der Waals surface area (Å²) in [6, 6.07) is 3.99. The molecule has 7 nitrogen and oxygen atoms in total. The maximum Gasteiger partial charge on any atom is 0.289 e. The van der Waals surface area contributed by atoms with Crippen molar-refractivity contribution >= 4 is 31.5 Å². The van der Waals surface area contributed by atoms with Gasteiger partial charge in [0.05, 0.1) is 18.5 Å². The van der Waals surface area contributed by atoms with Gasteiger partial charge in [0.25, 0.3) is 5.16 Å². The predicted octanol–water partition coefficient (Wildman–Crippen LogP) is 2.51. The fourth-order valence-corrected chi connectivity index (χ4v) is 4.16. The van der Waals surface area contributed by atoms with Gasteiger partial charge in [0, 0.05) is 6.07 Å². The van der Waals surface area contributed by atoms with Gasteiger partial charge in [0.1, 0.15) is 0 Å². The zero-order valence-electron chi connectivity index (χ0n) is 11.2. The van der Waals surface area contributed by atoms with Gasteiger partial charge in [-0.1, -0.05) is 5.10 Å². The summed E-state index contributed by atoms with van der Waals surface area (Å²) in [6.07, 6.45) is 0. The van der Waals surface area contributed by atoms with Gasteiger partial charge in [-0.05, 0) is 29.5 Å². The van der Waals surface area contributed by atoms with Gasteiger partial charge in [-0.25, -0.2) is 0 Å². The second-order valence-corrected chi connectivity index (χ2v) is 7.35. The quantitative estimate of drug-likeness (QED) is 0.541. The summed E-state index contributed by atoms with van der Waals surface area (Å²) in [5, 5.41) is 16.0. The van der Waals surface area contributed by atoms with Crippen molar-refractivity contribution in [2.24, 2.45) is 0 Å². The SMILES string of the molecule is COc1ccc2c[s+](Sc3nnn(C(C)C)n3)nc2n1. The molecule has 9 heteroatoms. The zero-order chi connectivity index (χ0) is 14.1. The van der Waals surface area contributed by atoms with E-state index >= 15 is 0 Å². The molecule has 0 radical (unpaired) electrons. The average Bonchev–Trinajstić information content (AvgIpc) is 3.04. The Morgan fingerprint density at radius 1 is 1.35 bits per heavy atom. The first kappa shape index (κ1) is 13.3. The van der Waals surface area contributed by atoms with E-state index in [-0.39, 0.29) is 15.7 Å². The molecule has 0 aliphatic heterocycles. The smallest absolute Gasteiger partial charge is 0.289 e. The fourth-order valence-electron chi connectivity index (χ4n) is 1.52. The number of ether oxygens (including phenoxy) is 1. The largest absolute Gasteiger partial charge is 0.481 e. The fraction of sp³-hybridized carbons (Fsp3) is 0.364. The Hall–Kier alpha value is -1.74. The normalized spacial score (nSPS) is 12.3. The van der Waals surface area contributed by atoms with E-state index in [0.717, 1.165) is 5.39 Å². The Kier molecular flexibility index (Phi) is 3.53. The van der Waals surface area contributed by atoms with E-state index in [9.17, 15) is 0 Å². The predicted molar refractivity (Wildman–Crippen MR) is 78.0 cm³/mol. The van der Waals surface area contributed by atoms with Crippen LogP contribution in [0.1, 0.15) is 19.9 Å². The van der Waals surface area contributed by atoms with E-state index in [1.165, 1.54) is 10.8 Å². The van der Waals surface area contributed by atoms with Crippen LogP contribution in [0.25, 0.3) is 11.0 Å². The second-order valence-electron chi connectivity index (χ2n) is 4.32. The third-order valence-corrected chi connectivity index (χ3v) is 5.29. The van der Waals surface area contributed by atoms with Gasteiger partial charge >= 0.3 is 0 Å². The van der Waals surface area contributed by atoms with Crippen LogP contribution in [-0.4, -0.2) is 36.7 Å². The van der Waals surface area contributed by atoms with Crippen LogP contribution in [0.3, 0.4) is 0 Å². The summed E-state index contributed by atoms with van der Waals surface area (Å²) >= 11 is 0. The second kappa shape index (κ2) is 5.33. The minimum atomic E-state index is -0.365. The van der Waals surface area contributed by atoms with Crippen LogP contribution in [0.2, 0.25) is 0 Å². The lowest BCUT2D eigenvalue weighted by molar-refractivity contribution is 0.399. The van der Waals surface area contributed by atoms with Gasteiger partial charge in [0.2, 0.25) is 22.3 Å². The molecule has 0 N–H and O–H groups in total. The highest BCUT2D eigenvalue weighted by molar-refractivity contribution is 8.44. The van der Waals surface area contributed by atoms with Crippen molar-refractivity contribution in [2.75, 3.05) is 7.11 Å². The Morgan fingerprint density at radius 2 is 2.20 bits per heavy atom. The molecule has 104 valence electrons. The van der Waals surface area contributed by atoms with Crippen LogP contribution < -0.4 is 4.74 Å². The van der Waals surface area contributed by atoms with Gasteiger partial charge < -0.3 is 4.74 Å². The molecule has 1 unspecified atom stereocenters. The highest BCUT2D eigenvalue weighted by Gasteiger charge is 2.20. The lowest BCUT2D eigenvalue weighted by atomic mass is 10.4. The van der Waals surface area contributed by atoms with Crippen LogP contribution >= 0.6 is 20.5 Å². The summed E-state index contributed by atoms with van der Waals surface area (Å²) in [6.45, 7) is 4.02. The van der Waals surface area contributed by atoms with Crippen LogP contribution in [0, 0.1) is 0 Å². The molecule has 0 amide bonds. The summed E-state index contributed by atoms with van der Waals surface area (Å²) in [7, 11) is 2.71. The molecule has 3 heterocycles. The molecule has 0 bridgehead atoms. The monoisotopic (exact) mass is 309 g/mol. The summed E-state index contributed by atoms with van der Waals surface area (Å²) in [5.74, 6) is 0.570. The van der Waals surface area contributed by atoms with Crippen molar-refractivity contribution in [3.63, 3.8) is 0 Å². The van der Waals surface area contributed by atoms with Crippen molar-refractivity contribution in [1.82, 2.24) is 29.6 Å². The number of pyridine rings is 1. The number of fused-ring (bicyclic) bond motifs is 1. The highest BCUT2D eigenvalue weighted by atomic mass is 33.1. The van der Waals surface area contributed by atoms with Gasteiger partial charge in [-0.15, -0.1) is 5.10 Å². The molecule has 0 spiro atoms. The minimum Gasteiger partial charge on any atom is -0.481 e. The zero-order valence-corrected chi connectivity index (χ0v) is 12.9. The Balaban J connectivity index is 1.86.